The first-order valence-corrected chi connectivity index (χ1v) is 3.24. The molecule has 2 heteroatoms. The third-order valence-electron chi connectivity index (χ3n) is 1.22. The summed E-state index contributed by atoms with van der Waals surface area (Å²) >= 11 is 0. The Kier molecular flexibility index (Phi) is 4.14. The summed E-state index contributed by atoms with van der Waals surface area (Å²) in [5.41, 5.74) is 0. The van der Waals surface area contributed by atoms with Gasteiger partial charge in [0.05, 0.1) is 0 Å². The number of aliphatic hydroxyl groups excluding tert-OH is 2. The van der Waals surface area contributed by atoms with Crippen molar-refractivity contribution in [2.45, 2.75) is 32.3 Å². The summed E-state index contributed by atoms with van der Waals surface area (Å²) in [5, 5.41) is 17.5. The van der Waals surface area contributed by atoms with Crippen LogP contribution in [0, 0.1) is 0 Å². The Morgan fingerprint density at radius 3 is 2.56 bits per heavy atom. The molecule has 2 N–H and O–H groups in total. The maximum Gasteiger partial charge on any atom is 0.114 e. The van der Waals surface area contributed by atoms with Gasteiger partial charge in [-0.15, -0.1) is 0 Å². The molecule has 0 aliphatic rings. The van der Waals surface area contributed by atoms with Gasteiger partial charge in [0.2, 0.25) is 0 Å². The fraction of sp³-hybridized carbons (Fsp3) is 0.714. The van der Waals surface area contributed by atoms with E-state index < -0.39 is 6.10 Å². The molecule has 0 amide bonds. The monoisotopic (exact) mass is 130 g/mol. The number of aliphatic hydroxyl groups is 2. The van der Waals surface area contributed by atoms with Crippen LogP contribution < -0.4 is 0 Å². The van der Waals surface area contributed by atoms with Gasteiger partial charge in [0.25, 0.3) is 0 Å². The Bertz CT molecular complexity index is 88.9. The van der Waals surface area contributed by atoms with Gasteiger partial charge in [-0.05, 0) is 6.42 Å². The maximum absolute atomic E-state index is 8.91. The maximum atomic E-state index is 8.91. The third kappa shape index (κ3) is 4.03. The van der Waals surface area contributed by atoms with Crippen molar-refractivity contribution in [2.24, 2.45) is 0 Å². The number of hydrogen-bond acceptors (Lipinski definition) is 2. The quantitative estimate of drug-likeness (QED) is 0.567. The van der Waals surface area contributed by atoms with E-state index in [4.69, 9.17) is 10.2 Å². The molecule has 0 bridgehead atoms. The second-order valence-corrected chi connectivity index (χ2v) is 2.15. The van der Waals surface area contributed by atoms with E-state index in [1.807, 2.05) is 6.92 Å². The minimum absolute atomic E-state index is 0.122. The van der Waals surface area contributed by atoms with Gasteiger partial charge in [-0.1, -0.05) is 26.3 Å². The fourth-order valence-electron chi connectivity index (χ4n) is 0.564. The Hall–Kier alpha value is -0.500. The molecule has 9 heavy (non-hydrogen) atoms. The molecule has 0 rings (SSSR count). The van der Waals surface area contributed by atoms with Gasteiger partial charge in [0, 0.05) is 0 Å². The number of hydrogen-bond donors (Lipinski definition) is 2. The second-order valence-electron chi connectivity index (χ2n) is 2.15. The van der Waals surface area contributed by atoms with E-state index in [2.05, 4.69) is 6.58 Å². The highest BCUT2D eigenvalue weighted by molar-refractivity contribution is 4.87. The van der Waals surface area contributed by atoms with Crippen LogP contribution >= 0.6 is 0 Å². The molecule has 0 aromatic heterocycles. The molecular weight excluding hydrogens is 116 g/mol. The van der Waals surface area contributed by atoms with Crippen LogP contribution in [0.2, 0.25) is 0 Å². The normalized spacial score (nSPS) is 13.1. The topological polar surface area (TPSA) is 40.5 Å². The standard InChI is InChI=1S/C7H14O2/c1-3-4-5-7(9)6(2)8/h7-9H,2-5H2,1H3. The molecule has 0 radical (unpaired) electrons. The predicted molar refractivity (Wildman–Crippen MR) is 37.3 cm³/mol. The van der Waals surface area contributed by atoms with Gasteiger partial charge in [0.1, 0.15) is 11.9 Å². The van der Waals surface area contributed by atoms with Gasteiger partial charge in [-0.2, -0.15) is 0 Å². The Balaban J connectivity index is 3.27. The Labute approximate surface area is 55.8 Å². The lowest BCUT2D eigenvalue weighted by atomic mass is 10.1. The van der Waals surface area contributed by atoms with E-state index in [1.165, 1.54) is 0 Å². The van der Waals surface area contributed by atoms with Crippen LogP contribution in [0.1, 0.15) is 26.2 Å². The highest BCUT2D eigenvalue weighted by Gasteiger charge is 2.04. The van der Waals surface area contributed by atoms with Gasteiger partial charge < -0.3 is 10.2 Å². The summed E-state index contributed by atoms with van der Waals surface area (Å²) in [5.74, 6) is -0.122. The summed E-state index contributed by atoms with van der Waals surface area (Å²) in [6, 6.07) is 0. The molecule has 1 unspecified atom stereocenters. The second kappa shape index (κ2) is 4.39. The van der Waals surface area contributed by atoms with Crippen LogP contribution in [0.4, 0.5) is 0 Å². The molecular formula is C7H14O2. The Morgan fingerprint density at radius 2 is 2.22 bits per heavy atom. The van der Waals surface area contributed by atoms with Crippen molar-refractivity contribution in [1.82, 2.24) is 0 Å². The summed E-state index contributed by atoms with van der Waals surface area (Å²) in [4.78, 5) is 0. The van der Waals surface area contributed by atoms with E-state index in [0.717, 1.165) is 12.8 Å². The van der Waals surface area contributed by atoms with Gasteiger partial charge >= 0.3 is 0 Å². The van der Waals surface area contributed by atoms with Crippen molar-refractivity contribution in [2.75, 3.05) is 0 Å². The molecule has 0 spiro atoms. The van der Waals surface area contributed by atoms with Gasteiger partial charge in [-0.25, -0.2) is 0 Å². The number of rotatable bonds is 4. The van der Waals surface area contributed by atoms with Crippen molar-refractivity contribution in [3.8, 4) is 0 Å². The molecule has 0 aliphatic carbocycles. The van der Waals surface area contributed by atoms with Gasteiger partial charge in [0.15, 0.2) is 0 Å². The average molecular weight is 130 g/mol. The van der Waals surface area contributed by atoms with Crippen molar-refractivity contribution >= 4 is 0 Å². The zero-order valence-corrected chi connectivity index (χ0v) is 5.80. The first-order valence-electron chi connectivity index (χ1n) is 3.24. The first-order chi connectivity index (χ1) is 4.18. The summed E-state index contributed by atoms with van der Waals surface area (Å²) in [7, 11) is 0. The Morgan fingerprint density at radius 1 is 1.67 bits per heavy atom. The molecule has 0 aromatic rings. The molecule has 0 aliphatic heterocycles. The molecule has 2 nitrogen and oxygen atoms in total. The van der Waals surface area contributed by atoms with Crippen LogP contribution in [0.15, 0.2) is 12.3 Å². The number of unbranched alkanes of at least 4 members (excludes halogenated alkanes) is 1. The van der Waals surface area contributed by atoms with Crippen molar-refractivity contribution in [1.29, 1.82) is 0 Å². The van der Waals surface area contributed by atoms with Crippen LogP contribution in [-0.2, 0) is 0 Å². The molecule has 0 fully saturated rings. The summed E-state index contributed by atoms with van der Waals surface area (Å²) < 4.78 is 0. The fourth-order valence-corrected chi connectivity index (χ4v) is 0.564. The molecule has 1 atom stereocenters. The van der Waals surface area contributed by atoms with E-state index in [0.29, 0.717) is 6.42 Å². The minimum Gasteiger partial charge on any atom is -0.510 e. The lowest BCUT2D eigenvalue weighted by Crippen LogP contribution is -2.07. The molecule has 0 saturated heterocycles. The third-order valence-corrected chi connectivity index (χ3v) is 1.22. The van der Waals surface area contributed by atoms with Crippen LogP contribution in [0.25, 0.3) is 0 Å². The molecule has 0 aromatic carbocycles. The predicted octanol–water partition coefficient (Wildman–Crippen LogP) is 1.61. The van der Waals surface area contributed by atoms with Gasteiger partial charge in [-0.3, -0.25) is 0 Å². The van der Waals surface area contributed by atoms with E-state index in [-0.39, 0.29) is 5.76 Å². The van der Waals surface area contributed by atoms with E-state index >= 15 is 0 Å². The van der Waals surface area contributed by atoms with Crippen LogP contribution in [0.3, 0.4) is 0 Å². The van der Waals surface area contributed by atoms with Crippen molar-refractivity contribution in [3.63, 3.8) is 0 Å². The zero-order valence-electron chi connectivity index (χ0n) is 5.80. The zero-order chi connectivity index (χ0) is 7.28. The molecule has 54 valence electrons. The lowest BCUT2D eigenvalue weighted by molar-refractivity contribution is 0.143. The highest BCUT2D eigenvalue weighted by atomic mass is 16.3. The van der Waals surface area contributed by atoms with Crippen molar-refractivity contribution < 1.29 is 10.2 Å². The lowest BCUT2D eigenvalue weighted by Gasteiger charge is -2.05. The summed E-state index contributed by atoms with van der Waals surface area (Å²) in [6.45, 7) is 5.25. The molecule has 0 saturated carbocycles. The average Bonchev–Trinajstić information content (AvgIpc) is 1.82. The van der Waals surface area contributed by atoms with E-state index in [9.17, 15) is 0 Å². The SMILES string of the molecule is C=C(O)C(O)CCCC. The van der Waals surface area contributed by atoms with Crippen LogP contribution in [-0.4, -0.2) is 16.3 Å². The van der Waals surface area contributed by atoms with E-state index in [1.54, 1.807) is 0 Å². The van der Waals surface area contributed by atoms with Crippen LogP contribution in [0.5, 0.6) is 0 Å². The largest absolute Gasteiger partial charge is 0.510 e. The highest BCUT2D eigenvalue weighted by Crippen LogP contribution is 2.04. The molecule has 0 heterocycles. The summed E-state index contributed by atoms with van der Waals surface area (Å²) in [6.07, 6.45) is 1.86. The van der Waals surface area contributed by atoms with Crippen molar-refractivity contribution in [3.05, 3.63) is 12.3 Å². The smallest absolute Gasteiger partial charge is 0.114 e. The first kappa shape index (κ1) is 8.50. The minimum atomic E-state index is -0.718.